The lowest BCUT2D eigenvalue weighted by Crippen LogP contribution is -2.54. The van der Waals surface area contributed by atoms with E-state index in [0.29, 0.717) is 4.99 Å². The van der Waals surface area contributed by atoms with E-state index in [0.717, 1.165) is 56.4 Å². The van der Waals surface area contributed by atoms with Gasteiger partial charge in [0.05, 0.1) is 11.0 Å². The van der Waals surface area contributed by atoms with Crippen LogP contribution in [0.3, 0.4) is 0 Å². The Kier molecular flexibility index (Phi) is 5.47. The molecular formula is C15H25N5S. The molecule has 21 heavy (non-hydrogen) atoms. The quantitative estimate of drug-likeness (QED) is 0.835. The van der Waals surface area contributed by atoms with Gasteiger partial charge in [0.1, 0.15) is 11.6 Å². The van der Waals surface area contributed by atoms with Crippen molar-refractivity contribution in [3.63, 3.8) is 0 Å². The molecule has 1 aliphatic heterocycles. The summed E-state index contributed by atoms with van der Waals surface area (Å²) >= 11 is 5.22. The van der Waals surface area contributed by atoms with Crippen LogP contribution in [-0.4, -0.2) is 52.1 Å². The molecule has 1 aromatic heterocycles. The number of hydrogen-bond donors (Lipinski definition) is 1. The summed E-state index contributed by atoms with van der Waals surface area (Å²) in [5.74, 6) is 1.86. The van der Waals surface area contributed by atoms with Crippen molar-refractivity contribution in [2.75, 3.05) is 31.1 Å². The van der Waals surface area contributed by atoms with E-state index in [1.165, 1.54) is 0 Å². The summed E-state index contributed by atoms with van der Waals surface area (Å²) in [7, 11) is 0. The van der Waals surface area contributed by atoms with Crippen LogP contribution in [0.1, 0.15) is 31.3 Å². The lowest BCUT2D eigenvalue weighted by atomic mass is 10.1. The number of hydrogen-bond acceptors (Lipinski definition) is 5. The van der Waals surface area contributed by atoms with E-state index >= 15 is 0 Å². The molecule has 6 heteroatoms. The minimum atomic E-state index is 0.237. The van der Waals surface area contributed by atoms with Crippen molar-refractivity contribution in [2.45, 2.75) is 39.7 Å². The lowest BCUT2D eigenvalue weighted by Gasteiger charge is -2.39. The second-order valence-electron chi connectivity index (χ2n) is 5.64. The molecule has 0 aliphatic carbocycles. The highest BCUT2D eigenvalue weighted by molar-refractivity contribution is 7.80. The van der Waals surface area contributed by atoms with E-state index in [-0.39, 0.29) is 6.04 Å². The first-order chi connectivity index (χ1) is 10.0. The zero-order valence-corrected chi connectivity index (χ0v) is 14.0. The Hall–Kier alpha value is -1.27. The van der Waals surface area contributed by atoms with E-state index in [1.807, 2.05) is 13.8 Å². The van der Waals surface area contributed by atoms with Crippen LogP contribution >= 0.6 is 12.2 Å². The number of nitrogens with two attached hydrogens (primary N) is 1. The molecule has 0 bridgehead atoms. The molecule has 1 unspecified atom stereocenters. The van der Waals surface area contributed by atoms with Crippen LogP contribution < -0.4 is 10.6 Å². The summed E-state index contributed by atoms with van der Waals surface area (Å²) in [6, 6.07) is 2.29. The zero-order chi connectivity index (χ0) is 15.4. The molecule has 1 aliphatic rings. The first kappa shape index (κ1) is 16.1. The first-order valence-electron chi connectivity index (χ1n) is 7.62. The molecule has 1 fully saturated rings. The number of rotatable bonds is 5. The fourth-order valence-corrected chi connectivity index (χ4v) is 3.17. The third kappa shape index (κ3) is 4.11. The monoisotopic (exact) mass is 307 g/mol. The summed E-state index contributed by atoms with van der Waals surface area (Å²) in [6.45, 7) is 10.00. The van der Waals surface area contributed by atoms with Gasteiger partial charge in [0.25, 0.3) is 0 Å². The van der Waals surface area contributed by atoms with Crippen LogP contribution in [0.25, 0.3) is 0 Å². The molecule has 0 spiro atoms. The average Bonchev–Trinajstić information content (AvgIpc) is 2.43. The van der Waals surface area contributed by atoms with Gasteiger partial charge in [-0.05, 0) is 20.3 Å². The highest BCUT2D eigenvalue weighted by Gasteiger charge is 2.25. The van der Waals surface area contributed by atoms with E-state index in [1.54, 1.807) is 0 Å². The van der Waals surface area contributed by atoms with E-state index in [4.69, 9.17) is 18.0 Å². The maximum Gasteiger partial charge on any atom is 0.132 e. The van der Waals surface area contributed by atoms with Gasteiger partial charge in [-0.15, -0.1) is 0 Å². The van der Waals surface area contributed by atoms with Crippen molar-refractivity contribution < 1.29 is 0 Å². The maximum absolute atomic E-state index is 5.89. The van der Waals surface area contributed by atoms with Gasteiger partial charge in [0, 0.05) is 37.9 Å². The molecule has 2 heterocycles. The highest BCUT2D eigenvalue weighted by atomic mass is 32.1. The molecule has 0 saturated carbocycles. The van der Waals surface area contributed by atoms with Gasteiger partial charge in [-0.25, -0.2) is 9.97 Å². The van der Waals surface area contributed by atoms with Crippen LogP contribution in [0, 0.1) is 13.8 Å². The minimum Gasteiger partial charge on any atom is -0.392 e. The summed E-state index contributed by atoms with van der Waals surface area (Å²) in [6.07, 6.45) is 2.15. The molecule has 1 saturated heterocycles. The Morgan fingerprint density at radius 2 is 1.95 bits per heavy atom. The number of aromatic nitrogens is 2. The van der Waals surface area contributed by atoms with Crippen LogP contribution in [-0.2, 0) is 0 Å². The summed E-state index contributed by atoms with van der Waals surface area (Å²) < 4.78 is 0. The topological polar surface area (TPSA) is 58.3 Å². The molecule has 1 aromatic rings. The molecule has 0 aromatic carbocycles. The van der Waals surface area contributed by atoms with Crippen LogP contribution in [0.2, 0.25) is 0 Å². The highest BCUT2D eigenvalue weighted by Crippen LogP contribution is 2.17. The Bertz CT molecular complexity index is 477. The van der Waals surface area contributed by atoms with Crippen LogP contribution in [0.4, 0.5) is 5.82 Å². The molecule has 1 atom stereocenters. The van der Waals surface area contributed by atoms with Crippen LogP contribution in [0.5, 0.6) is 0 Å². The number of anilines is 1. The van der Waals surface area contributed by atoms with Crippen molar-refractivity contribution in [2.24, 2.45) is 5.73 Å². The second-order valence-corrected chi connectivity index (χ2v) is 6.12. The molecule has 0 amide bonds. The van der Waals surface area contributed by atoms with E-state index < -0.39 is 0 Å². The largest absolute Gasteiger partial charge is 0.392 e. The molecule has 2 rings (SSSR count). The zero-order valence-electron chi connectivity index (χ0n) is 13.2. The van der Waals surface area contributed by atoms with Gasteiger partial charge in [0.15, 0.2) is 0 Å². The Labute approximate surface area is 132 Å². The Morgan fingerprint density at radius 3 is 2.48 bits per heavy atom. The predicted molar refractivity (Wildman–Crippen MR) is 90.8 cm³/mol. The van der Waals surface area contributed by atoms with Gasteiger partial charge in [0.2, 0.25) is 0 Å². The second kappa shape index (κ2) is 7.13. The van der Waals surface area contributed by atoms with Crippen molar-refractivity contribution in [3.8, 4) is 0 Å². The van der Waals surface area contributed by atoms with E-state index in [9.17, 15) is 0 Å². The maximum atomic E-state index is 5.89. The van der Waals surface area contributed by atoms with Gasteiger partial charge < -0.3 is 10.6 Å². The van der Waals surface area contributed by atoms with Crippen LogP contribution in [0.15, 0.2) is 6.07 Å². The molecule has 0 radical (unpaired) electrons. The third-order valence-corrected chi connectivity index (χ3v) is 4.19. The Morgan fingerprint density at radius 1 is 1.29 bits per heavy atom. The summed E-state index contributed by atoms with van der Waals surface area (Å²) in [5.41, 5.74) is 6.91. The number of nitrogens with zero attached hydrogens (tertiary/aromatic N) is 4. The number of aryl methyl sites for hydroxylation is 2. The molecular weight excluding hydrogens is 282 g/mol. The van der Waals surface area contributed by atoms with E-state index in [2.05, 4.69) is 32.8 Å². The number of piperazine rings is 1. The van der Waals surface area contributed by atoms with Gasteiger partial charge >= 0.3 is 0 Å². The number of thiocarbonyl (C=S) groups is 1. The molecule has 5 nitrogen and oxygen atoms in total. The fourth-order valence-electron chi connectivity index (χ4n) is 2.90. The van der Waals surface area contributed by atoms with Crippen molar-refractivity contribution in [3.05, 3.63) is 17.6 Å². The Balaban J connectivity index is 2.00. The smallest absolute Gasteiger partial charge is 0.132 e. The summed E-state index contributed by atoms with van der Waals surface area (Å²) in [5, 5.41) is 0. The standard InChI is InChI=1S/C15H25N5S/c1-4-5-13(15(16)21)19-6-8-20(9-7-19)14-10-11(2)17-12(3)18-14/h10,13H,4-9H2,1-3H3,(H2,16,21). The van der Waals surface area contributed by atoms with Crippen molar-refractivity contribution in [1.82, 2.24) is 14.9 Å². The van der Waals surface area contributed by atoms with Crippen molar-refractivity contribution >= 4 is 23.0 Å². The normalized spacial score (nSPS) is 17.8. The predicted octanol–water partition coefficient (Wildman–Crippen LogP) is 1.67. The minimum absolute atomic E-state index is 0.237. The summed E-state index contributed by atoms with van der Waals surface area (Å²) in [4.78, 5) is 14.2. The molecule has 116 valence electrons. The first-order valence-corrected chi connectivity index (χ1v) is 8.02. The lowest BCUT2D eigenvalue weighted by molar-refractivity contribution is 0.219. The van der Waals surface area contributed by atoms with Crippen molar-refractivity contribution in [1.29, 1.82) is 0 Å². The van der Waals surface area contributed by atoms with Gasteiger partial charge in [-0.2, -0.15) is 0 Å². The average molecular weight is 307 g/mol. The van der Waals surface area contributed by atoms with Gasteiger partial charge in [-0.3, -0.25) is 4.90 Å². The fraction of sp³-hybridized carbons (Fsp3) is 0.667. The SMILES string of the molecule is CCCC(C(N)=S)N1CCN(c2cc(C)nc(C)n2)CC1. The molecule has 2 N–H and O–H groups in total. The third-order valence-electron chi connectivity index (χ3n) is 3.92. The van der Waals surface area contributed by atoms with Gasteiger partial charge in [-0.1, -0.05) is 25.6 Å².